The summed E-state index contributed by atoms with van der Waals surface area (Å²) in [5, 5.41) is 3.29. The van der Waals surface area contributed by atoms with Crippen molar-refractivity contribution in [3.63, 3.8) is 0 Å². The lowest BCUT2D eigenvalue weighted by molar-refractivity contribution is 0.625. The average molecular weight is 323 g/mol. The predicted octanol–water partition coefficient (Wildman–Crippen LogP) is 4.13. The number of aryl methyl sites for hydroxylation is 1. The van der Waals surface area contributed by atoms with Gasteiger partial charge in [-0.25, -0.2) is 4.39 Å². The van der Waals surface area contributed by atoms with Crippen LogP contribution in [0.3, 0.4) is 0 Å². The van der Waals surface area contributed by atoms with E-state index in [-0.39, 0.29) is 5.82 Å². The quantitative estimate of drug-likeness (QED) is 0.830. The third-order valence-corrected chi connectivity index (χ3v) is 3.52. The third-order valence-electron chi connectivity index (χ3n) is 3.03. The summed E-state index contributed by atoms with van der Waals surface area (Å²) < 4.78 is 14.0. The van der Waals surface area contributed by atoms with Gasteiger partial charge in [-0.2, -0.15) is 0 Å². The van der Waals surface area contributed by atoms with Gasteiger partial charge in [0.25, 0.3) is 0 Å². The van der Waals surface area contributed by atoms with Crippen LogP contribution in [-0.4, -0.2) is 6.54 Å². The van der Waals surface area contributed by atoms with Crippen molar-refractivity contribution in [2.24, 2.45) is 0 Å². The van der Waals surface area contributed by atoms with Crippen LogP contribution >= 0.6 is 15.9 Å². The van der Waals surface area contributed by atoms with Crippen LogP contribution in [0.25, 0.3) is 0 Å². The minimum absolute atomic E-state index is 0.189. The van der Waals surface area contributed by atoms with Gasteiger partial charge in [-0.1, -0.05) is 22.0 Å². The van der Waals surface area contributed by atoms with Gasteiger partial charge in [-0.3, -0.25) is 0 Å². The van der Waals surface area contributed by atoms with E-state index in [9.17, 15) is 4.39 Å². The van der Waals surface area contributed by atoms with Crippen LogP contribution in [0.2, 0.25) is 0 Å². The molecular weight excluding hydrogens is 307 g/mol. The Hall–Kier alpha value is -1.55. The normalized spacial score (nSPS) is 10.5. The summed E-state index contributed by atoms with van der Waals surface area (Å²) in [5.74, 6) is -0.189. The maximum Gasteiger partial charge on any atom is 0.123 e. The van der Waals surface area contributed by atoms with Crippen molar-refractivity contribution in [1.29, 1.82) is 0 Å². The molecular formula is C15H16BrFN2. The highest BCUT2D eigenvalue weighted by molar-refractivity contribution is 9.10. The molecule has 0 saturated carbocycles. The zero-order chi connectivity index (χ0) is 13.8. The lowest BCUT2D eigenvalue weighted by atomic mass is 10.1. The van der Waals surface area contributed by atoms with Crippen LogP contribution in [0.15, 0.2) is 40.9 Å². The van der Waals surface area contributed by atoms with Crippen molar-refractivity contribution in [3.8, 4) is 0 Å². The molecule has 0 heterocycles. The Kier molecular flexibility index (Phi) is 4.43. The van der Waals surface area contributed by atoms with Crippen molar-refractivity contribution in [2.45, 2.75) is 13.3 Å². The molecule has 0 aliphatic rings. The zero-order valence-corrected chi connectivity index (χ0v) is 12.3. The fourth-order valence-corrected chi connectivity index (χ4v) is 2.34. The minimum Gasteiger partial charge on any atom is -0.397 e. The molecule has 0 amide bonds. The number of benzene rings is 2. The molecule has 0 aliphatic carbocycles. The lowest BCUT2D eigenvalue weighted by Crippen LogP contribution is -2.07. The molecule has 0 unspecified atom stereocenters. The Morgan fingerprint density at radius 3 is 2.68 bits per heavy atom. The Balaban J connectivity index is 1.96. The first-order valence-electron chi connectivity index (χ1n) is 6.10. The number of nitrogen functional groups attached to an aromatic ring is 1. The van der Waals surface area contributed by atoms with Gasteiger partial charge in [0.2, 0.25) is 0 Å². The standard InChI is InChI=1S/C15H16BrFN2/c1-10-8-13(17)4-2-11(10)6-7-19-15-5-3-12(16)9-14(15)18/h2-5,8-9,19H,6-7,18H2,1H3. The van der Waals surface area contributed by atoms with E-state index in [0.29, 0.717) is 5.69 Å². The van der Waals surface area contributed by atoms with E-state index < -0.39 is 0 Å². The van der Waals surface area contributed by atoms with Crippen molar-refractivity contribution < 1.29 is 4.39 Å². The molecule has 2 aromatic rings. The van der Waals surface area contributed by atoms with E-state index in [4.69, 9.17) is 5.73 Å². The van der Waals surface area contributed by atoms with Crippen molar-refractivity contribution in [2.75, 3.05) is 17.6 Å². The fraction of sp³-hybridized carbons (Fsp3) is 0.200. The maximum atomic E-state index is 13.0. The minimum atomic E-state index is -0.189. The molecule has 4 heteroatoms. The molecule has 0 bridgehead atoms. The molecule has 0 radical (unpaired) electrons. The molecule has 100 valence electrons. The summed E-state index contributed by atoms with van der Waals surface area (Å²) in [4.78, 5) is 0. The van der Waals surface area contributed by atoms with E-state index in [1.54, 1.807) is 6.07 Å². The van der Waals surface area contributed by atoms with Gasteiger partial charge in [0.1, 0.15) is 5.82 Å². The highest BCUT2D eigenvalue weighted by atomic mass is 79.9. The summed E-state index contributed by atoms with van der Waals surface area (Å²) in [7, 11) is 0. The van der Waals surface area contributed by atoms with E-state index in [0.717, 1.165) is 34.3 Å². The van der Waals surface area contributed by atoms with Gasteiger partial charge in [-0.15, -0.1) is 0 Å². The molecule has 0 spiro atoms. The molecule has 0 fully saturated rings. The van der Waals surface area contributed by atoms with Crippen LogP contribution in [-0.2, 0) is 6.42 Å². The van der Waals surface area contributed by atoms with E-state index >= 15 is 0 Å². The fourth-order valence-electron chi connectivity index (χ4n) is 1.97. The predicted molar refractivity (Wildman–Crippen MR) is 81.9 cm³/mol. The second kappa shape index (κ2) is 6.06. The van der Waals surface area contributed by atoms with Gasteiger partial charge in [0, 0.05) is 11.0 Å². The van der Waals surface area contributed by atoms with E-state index in [2.05, 4.69) is 21.2 Å². The molecule has 19 heavy (non-hydrogen) atoms. The summed E-state index contributed by atoms with van der Waals surface area (Å²) in [5.41, 5.74) is 9.66. The number of nitrogens with two attached hydrogens (primary N) is 1. The van der Waals surface area contributed by atoms with Gasteiger partial charge >= 0.3 is 0 Å². The molecule has 0 atom stereocenters. The molecule has 0 aliphatic heterocycles. The van der Waals surface area contributed by atoms with Gasteiger partial charge in [0.05, 0.1) is 11.4 Å². The molecule has 0 saturated heterocycles. The largest absolute Gasteiger partial charge is 0.397 e. The summed E-state index contributed by atoms with van der Waals surface area (Å²) in [6.07, 6.45) is 0.835. The number of nitrogens with one attached hydrogen (secondary N) is 1. The number of halogens is 2. The van der Waals surface area contributed by atoms with Crippen LogP contribution in [0.4, 0.5) is 15.8 Å². The highest BCUT2D eigenvalue weighted by Crippen LogP contribution is 2.23. The Labute approximate surface area is 121 Å². The van der Waals surface area contributed by atoms with Crippen LogP contribution in [0.1, 0.15) is 11.1 Å². The molecule has 3 N–H and O–H groups in total. The summed E-state index contributed by atoms with van der Waals surface area (Å²) in [6.45, 7) is 2.69. The lowest BCUT2D eigenvalue weighted by Gasteiger charge is -2.11. The first kappa shape index (κ1) is 13.9. The third kappa shape index (κ3) is 3.70. The first-order chi connectivity index (χ1) is 9.06. The van der Waals surface area contributed by atoms with Crippen LogP contribution in [0, 0.1) is 12.7 Å². The molecule has 0 aromatic heterocycles. The SMILES string of the molecule is Cc1cc(F)ccc1CCNc1ccc(Br)cc1N. The zero-order valence-electron chi connectivity index (χ0n) is 10.7. The Morgan fingerprint density at radius 1 is 1.21 bits per heavy atom. The van der Waals surface area contributed by atoms with Crippen molar-refractivity contribution in [3.05, 3.63) is 57.8 Å². The number of rotatable bonds is 4. The number of hydrogen-bond donors (Lipinski definition) is 2. The van der Waals surface area contributed by atoms with Gasteiger partial charge < -0.3 is 11.1 Å². The van der Waals surface area contributed by atoms with Crippen LogP contribution in [0.5, 0.6) is 0 Å². The highest BCUT2D eigenvalue weighted by Gasteiger charge is 2.02. The maximum absolute atomic E-state index is 13.0. The van der Waals surface area contributed by atoms with E-state index in [1.807, 2.05) is 31.2 Å². The molecule has 2 nitrogen and oxygen atoms in total. The second-order valence-electron chi connectivity index (χ2n) is 4.48. The second-order valence-corrected chi connectivity index (χ2v) is 5.39. The number of anilines is 2. The van der Waals surface area contributed by atoms with Gasteiger partial charge in [-0.05, 0) is 54.8 Å². The van der Waals surface area contributed by atoms with Crippen LogP contribution < -0.4 is 11.1 Å². The van der Waals surface area contributed by atoms with E-state index in [1.165, 1.54) is 6.07 Å². The smallest absolute Gasteiger partial charge is 0.123 e. The van der Waals surface area contributed by atoms with Gasteiger partial charge in [0.15, 0.2) is 0 Å². The topological polar surface area (TPSA) is 38.0 Å². The first-order valence-corrected chi connectivity index (χ1v) is 6.89. The molecule has 2 aromatic carbocycles. The van der Waals surface area contributed by atoms with Crippen molar-refractivity contribution in [1.82, 2.24) is 0 Å². The Morgan fingerprint density at radius 2 is 2.00 bits per heavy atom. The number of hydrogen-bond acceptors (Lipinski definition) is 2. The molecule has 2 rings (SSSR count). The summed E-state index contributed by atoms with van der Waals surface area (Å²) >= 11 is 3.37. The average Bonchev–Trinajstić information content (AvgIpc) is 2.34. The monoisotopic (exact) mass is 322 g/mol. The van der Waals surface area contributed by atoms with Crippen molar-refractivity contribution >= 4 is 27.3 Å². The Bertz CT molecular complexity index is 533. The summed E-state index contributed by atoms with van der Waals surface area (Å²) in [6, 6.07) is 10.6.